The lowest BCUT2D eigenvalue weighted by Gasteiger charge is -2.40. The topological polar surface area (TPSA) is 108 Å². The van der Waals surface area contributed by atoms with Crippen LogP contribution in [0.15, 0.2) is 78.6 Å². The van der Waals surface area contributed by atoms with Crippen molar-refractivity contribution in [3.63, 3.8) is 0 Å². The Morgan fingerprint density at radius 3 is 2.48 bits per heavy atom. The second kappa shape index (κ2) is 13.5. The first-order valence-electron chi connectivity index (χ1n) is 14.9. The molecule has 1 saturated carbocycles. The number of rotatable bonds is 8. The molecule has 220 valence electrons. The Balaban J connectivity index is 1.52. The SMILES string of the molecule is CCCNC(=O)C=C1CCCC[C@@H]1n1cnc(C(=O)N2CCN(C(=O)O)C[C@H]2Cc2ccccc2)c1-c1ccccc1. The minimum Gasteiger partial charge on any atom is -0.465 e. The number of hydrogen-bond donors (Lipinski definition) is 2. The van der Waals surface area contributed by atoms with Crippen LogP contribution in [-0.2, 0) is 11.2 Å². The molecular formula is C33H39N5O4. The van der Waals surface area contributed by atoms with Crippen LogP contribution in [0, 0.1) is 0 Å². The van der Waals surface area contributed by atoms with Crippen molar-refractivity contribution < 1.29 is 19.5 Å². The van der Waals surface area contributed by atoms with Gasteiger partial charge in [-0.05, 0) is 43.2 Å². The van der Waals surface area contributed by atoms with E-state index in [4.69, 9.17) is 4.98 Å². The van der Waals surface area contributed by atoms with Crippen molar-refractivity contribution in [2.24, 2.45) is 0 Å². The molecule has 42 heavy (non-hydrogen) atoms. The van der Waals surface area contributed by atoms with E-state index < -0.39 is 6.09 Å². The smallest absolute Gasteiger partial charge is 0.407 e. The zero-order valence-corrected chi connectivity index (χ0v) is 24.1. The van der Waals surface area contributed by atoms with Gasteiger partial charge < -0.3 is 24.8 Å². The molecule has 2 fully saturated rings. The lowest BCUT2D eigenvalue weighted by Crippen LogP contribution is -2.57. The molecule has 2 N–H and O–H groups in total. The lowest BCUT2D eigenvalue weighted by molar-refractivity contribution is -0.116. The zero-order valence-electron chi connectivity index (χ0n) is 24.1. The minimum absolute atomic E-state index is 0.0839. The van der Waals surface area contributed by atoms with Gasteiger partial charge in [-0.15, -0.1) is 0 Å². The first-order valence-corrected chi connectivity index (χ1v) is 14.9. The van der Waals surface area contributed by atoms with Crippen LogP contribution in [0.4, 0.5) is 4.79 Å². The number of piperazine rings is 1. The third-order valence-electron chi connectivity index (χ3n) is 8.19. The summed E-state index contributed by atoms with van der Waals surface area (Å²) in [6.07, 6.45) is 7.61. The van der Waals surface area contributed by atoms with E-state index in [1.165, 1.54) is 4.90 Å². The largest absolute Gasteiger partial charge is 0.465 e. The van der Waals surface area contributed by atoms with E-state index in [2.05, 4.69) is 9.88 Å². The fourth-order valence-electron chi connectivity index (χ4n) is 6.10. The van der Waals surface area contributed by atoms with Crippen molar-refractivity contribution in [3.8, 4) is 11.3 Å². The Bertz CT molecular complexity index is 1420. The highest BCUT2D eigenvalue weighted by Gasteiger charge is 2.36. The van der Waals surface area contributed by atoms with Crippen LogP contribution in [0.1, 0.15) is 61.1 Å². The summed E-state index contributed by atoms with van der Waals surface area (Å²) in [5, 5.41) is 12.7. The number of allylic oxidation sites excluding steroid dienone is 1. The highest BCUT2D eigenvalue weighted by molar-refractivity contribution is 5.99. The van der Waals surface area contributed by atoms with E-state index in [1.807, 2.05) is 67.6 Å². The zero-order chi connectivity index (χ0) is 29.5. The molecule has 1 aliphatic carbocycles. The van der Waals surface area contributed by atoms with Crippen LogP contribution < -0.4 is 5.32 Å². The Hall–Kier alpha value is -4.40. The van der Waals surface area contributed by atoms with Gasteiger partial charge in [-0.2, -0.15) is 0 Å². The molecule has 1 saturated heterocycles. The van der Waals surface area contributed by atoms with Crippen molar-refractivity contribution >= 4 is 17.9 Å². The quantitative estimate of drug-likeness (QED) is 0.364. The average molecular weight is 570 g/mol. The van der Waals surface area contributed by atoms with Gasteiger partial charge in [0.15, 0.2) is 5.69 Å². The molecule has 9 heteroatoms. The Labute approximate surface area is 246 Å². The predicted octanol–water partition coefficient (Wildman–Crippen LogP) is 5.16. The van der Waals surface area contributed by atoms with Gasteiger partial charge in [-0.3, -0.25) is 9.59 Å². The van der Waals surface area contributed by atoms with Crippen molar-refractivity contribution in [3.05, 3.63) is 89.9 Å². The minimum atomic E-state index is -0.978. The van der Waals surface area contributed by atoms with Crippen LogP contribution in [0.2, 0.25) is 0 Å². The molecule has 2 aliphatic rings. The van der Waals surface area contributed by atoms with Gasteiger partial charge in [0.1, 0.15) is 0 Å². The summed E-state index contributed by atoms with van der Waals surface area (Å²) >= 11 is 0. The molecule has 0 unspecified atom stereocenters. The molecular weight excluding hydrogens is 530 g/mol. The van der Waals surface area contributed by atoms with Gasteiger partial charge in [-0.25, -0.2) is 9.78 Å². The van der Waals surface area contributed by atoms with E-state index in [1.54, 1.807) is 17.3 Å². The molecule has 3 aromatic rings. The predicted molar refractivity (Wildman–Crippen MR) is 161 cm³/mol. The summed E-state index contributed by atoms with van der Waals surface area (Å²) in [5.41, 5.74) is 4.04. The molecule has 0 spiro atoms. The number of carbonyl (C=O) groups is 3. The summed E-state index contributed by atoms with van der Waals surface area (Å²) in [7, 11) is 0. The number of benzene rings is 2. The fourth-order valence-corrected chi connectivity index (χ4v) is 6.10. The molecule has 2 heterocycles. The van der Waals surface area contributed by atoms with E-state index in [0.29, 0.717) is 18.7 Å². The molecule has 9 nitrogen and oxygen atoms in total. The summed E-state index contributed by atoms with van der Waals surface area (Å²) in [5.74, 6) is -0.294. The number of hydrogen-bond acceptors (Lipinski definition) is 4. The molecule has 1 aliphatic heterocycles. The fraction of sp³-hybridized carbons (Fsp3) is 0.394. The number of carbonyl (C=O) groups excluding carboxylic acids is 2. The van der Waals surface area contributed by atoms with Crippen molar-refractivity contribution in [2.45, 2.75) is 57.5 Å². The number of amides is 3. The van der Waals surface area contributed by atoms with Crippen LogP contribution in [0.25, 0.3) is 11.3 Å². The monoisotopic (exact) mass is 569 g/mol. The number of nitrogens with one attached hydrogen (secondary N) is 1. The number of nitrogens with zero attached hydrogens (tertiary/aromatic N) is 4. The highest BCUT2D eigenvalue weighted by Crippen LogP contribution is 2.38. The first-order chi connectivity index (χ1) is 20.5. The number of aromatic nitrogens is 2. The third-order valence-corrected chi connectivity index (χ3v) is 8.19. The highest BCUT2D eigenvalue weighted by atomic mass is 16.4. The van der Waals surface area contributed by atoms with Crippen molar-refractivity contribution in [1.29, 1.82) is 0 Å². The van der Waals surface area contributed by atoms with Crippen molar-refractivity contribution in [2.75, 3.05) is 26.2 Å². The van der Waals surface area contributed by atoms with Gasteiger partial charge in [0, 0.05) is 37.8 Å². The van der Waals surface area contributed by atoms with E-state index in [0.717, 1.165) is 54.5 Å². The maximum atomic E-state index is 14.4. The second-order valence-corrected chi connectivity index (χ2v) is 11.1. The standard InChI is InChI=1S/C33H39N5O4/c1-2-17-34-29(39)21-26-15-9-10-16-28(26)38-23-35-30(31(38)25-13-7-4-8-14-25)32(40)37-19-18-36(33(41)42)22-27(37)20-24-11-5-3-6-12-24/h3-8,11-14,21,23,27-28H,2,9-10,15-20,22H2,1H3,(H,34,39)(H,41,42)/t27-,28+/m1/s1. The Kier molecular flexibility index (Phi) is 9.36. The molecule has 2 atom stereocenters. The first kappa shape index (κ1) is 29.1. The van der Waals surface area contributed by atoms with Crippen molar-refractivity contribution in [1.82, 2.24) is 24.7 Å². The molecule has 0 bridgehead atoms. The van der Waals surface area contributed by atoms with Crippen LogP contribution in [0.3, 0.4) is 0 Å². The van der Waals surface area contributed by atoms with Gasteiger partial charge in [0.2, 0.25) is 5.91 Å². The molecule has 5 rings (SSSR count). The van der Waals surface area contributed by atoms with Crippen LogP contribution in [0.5, 0.6) is 0 Å². The summed E-state index contributed by atoms with van der Waals surface area (Å²) in [4.78, 5) is 46.8. The van der Waals surface area contributed by atoms with Crippen LogP contribution in [-0.4, -0.2) is 74.6 Å². The Morgan fingerprint density at radius 1 is 1.02 bits per heavy atom. The normalized spacial score (nSPS) is 20.0. The number of carboxylic acid groups (broad SMARTS) is 1. The Morgan fingerprint density at radius 2 is 1.76 bits per heavy atom. The third kappa shape index (κ3) is 6.56. The van der Waals surface area contributed by atoms with Gasteiger partial charge >= 0.3 is 6.09 Å². The van der Waals surface area contributed by atoms with Crippen LogP contribution >= 0.6 is 0 Å². The number of imidazole rings is 1. The van der Waals surface area contributed by atoms with E-state index in [9.17, 15) is 19.5 Å². The molecule has 1 aromatic heterocycles. The molecule has 3 amide bonds. The van der Waals surface area contributed by atoms with E-state index >= 15 is 0 Å². The second-order valence-electron chi connectivity index (χ2n) is 11.1. The summed E-state index contributed by atoms with van der Waals surface area (Å²) < 4.78 is 2.07. The average Bonchev–Trinajstić information content (AvgIpc) is 3.46. The summed E-state index contributed by atoms with van der Waals surface area (Å²) in [6, 6.07) is 19.2. The van der Waals surface area contributed by atoms with Gasteiger partial charge in [0.05, 0.1) is 24.1 Å². The summed E-state index contributed by atoms with van der Waals surface area (Å²) in [6.45, 7) is 3.43. The lowest BCUT2D eigenvalue weighted by atomic mass is 9.88. The maximum Gasteiger partial charge on any atom is 0.407 e. The van der Waals surface area contributed by atoms with Gasteiger partial charge in [-0.1, -0.05) is 74.0 Å². The molecule has 2 aromatic carbocycles. The van der Waals surface area contributed by atoms with E-state index in [-0.39, 0.29) is 43.5 Å². The maximum absolute atomic E-state index is 14.4. The van der Waals surface area contributed by atoms with Gasteiger partial charge in [0.25, 0.3) is 5.91 Å². The molecule has 0 radical (unpaired) electrons.